The van der Waals surface area contributed by atoms with E-state index in [1.54, 1.807) is 11.3 Å². The number of thiazole rings is 1. The van der Waals surface area contributed by atoms with Crippen molar-refractivity contribution in [1.82, 2.24) is 15.0 Å². The van der Waals surface area contributed by atoms with Gasteiger partial charge in [-0.1, -0.05) is 6.92 Å². The highest BCUT2D eigenvalue weighted by Gasteiger charge is 2.09. The van der Waals surface area contributed by atoms with Gasteiger partial charge in [-0.05, 0) is 13.3 Å². The van der Waals surface area contributed by atoms with E-state index in [-0.39, 0.29) is 0 Å². The van der Waals surface area contributed by atoms with Crippen LogP contribution < -0.4 is 10.2 Å². The van der Waals surface area contributed by atoms with Crippen molar-refractivity contribution in [2.75, 3.05) is 24.3 Å². The number of hydrogen-bond acceptors (Lipinski definition) is 6. The molecule has 0 unspecified atom stereocenters. The van der Waals surface area contributed by atoms with Gasteiger partial charge in [0.05, 0.1) is 17.2 Å². The Morgan fingerprint density at radius 2 is 2.10 bits per heavy atom. The van der Waals surface area contributed by atoms with Gasteiger partial charge in [0.1, 0.15) is 17.5 Å². The summed E-state index contributed by atoms with van der Waals surface area (Å²) in [6.45, 7) is 4.92. The third-order valence-corrected chi connectivity index (χ3v) is 3.77. The van der Waals surface area contributed by atoms with Crippen LogP contribution in [-0.2, 0) is 13.0 Å². The number of nitrogens with zero attached hydrogens (tertiary/aromatic N) is 4. The topological polar surface area (TPSA) is 53.9 Å². The quantitative estimate of drug-likeness (QED) is 0.887. The minimum atomic E-state index is 0.760. The number of aromatic nitrogens is 3. The first-order chi connectivity index (χ1) is 9.62. The Morgan fingerprint density at radius 3 is 2.70 bits per heavy atom. The molecule has 0 atom stereocenters. The Balaban J connectivity index is 2.19. The largest absolute Gasteiger partial charge is 0.373 e. The van der Waals surface area contributed by atoms with Gasteiger partial charge >= 0.3 is 0 Å². The van der Waals surface area contributed by atoms with Gasteiger partial charge in [0.25, 0.3) is 0 Å². The Morgan fingerprint density at radius 1 is 1.30 bits per heavy atom. The van der Waals surface area contributed by atoms with E-state index < -0.39 is 0 Å². The molecule has 108 valence electrons. The highest BCUT2D eigenvalue weighted by Crippen LogP contribution is 2.18. The van der Waals surface area contributed by atoms with Crippen molar-refractivity contribution in [3.8, 4) is 0 Å². The predicted molar refractivity (Wildman–Crippen MR) is 84.5 cm³/mol. The van der Waals surface area contributed by atoms with Crippen molar-refractivity contribution in [2.24, 2.45) is 0 Å². The fourth-order valence-corrected chi connectivity index (χ4v) is 2.55. The van der Waals surface area contributed by atoms with Crippen LogP contribution in [-0.4, -0.2) is 29.0 Å². The molecule has 1 N–H and O–H groups in total. The van der Waals surface area contributed by atoms with E-state index in [0.29, 0.717) is 0 Å². The molecular weight excluding hydrogens is 270 g/mol. The summed E-state index contributed by atoms with van der Waals surface area (Å²) in [6, 6.07) is 1.97. The summed E-state index contributed by atoms with van der Waals surface area (Å²) < 4.78 is 0. The second-order valence-corrected chi connectivity index (χ2v) is 5.80. The van der Waals surface area contributed by atoms with Crippen LogP contribution in [0.3, 0.4) is 0 Å². The molecule has 0 aliphatic heterocycles. The van der Waals surface area contributed by atoms with Gasteiger partial charge in [-0.15, -0.1) is 11.3 Å². The first-order valence-corrected chi connectivity index (χ1v) is 7.68. The maximum atomic E-state index is 4.62. The Labute approximate surface area is 124 Å². The summed E-state index contributed by atoms with van der Waals surface area (Å²) in [6.07, 6.45) is 1.94. The highest BCUT2D eigenvalue weighted by atomic mass is 32.1. The fraction of sp³-hybridized carbons (Fsp3) is 0.500. The van der Waals surface area contributed by atoms with Crippen LogP contribution in [0.5, 0.6) is 0 Å². The summed E-state index contributed by atoms with van der Waals surface area (Å²) in [5, 5.41) is 6.29. The first kappa shape index (κ1) is 14.7. The summed E-state index contributed by atoms with van der Waals surface area (Å²) >= 11 is 1.68. The SMILES string of the molecule is CCCc1nc(NC)cc(N(C)Cc2csc(C)n2)n1. The number of anilines is 2. The van der Waals surface area contributed by atoms with Crippen molar-refractivity contribution in [3.05, 3.63) is 28.0 Å². The molecule has 6 heteroatoms. The van der Waals surface area contributed by atoms with Gasteiger partial charge < -0.3 is 10.2 Å². The number of hydrogen-bond donors (Lipinski definition) is 1. The van der Waals surface area contributed by atoms with Crippen LogP contribution in [0.15, 0.2) is 11.4 Å². The average molecular weight is 291 g/mol. The van der Waals surface area contributed by atoms with E-state index in [1.807, 2.05) is 27.1 Å². The Hall–Kier alpha value is -1.69. The summed E-state index contributed by atoms with van der Waals surface area (Å²) in [7, 11) is 3.91. The van der Waals surface area contributed by atoms with E-state index in [9.17, 15) is 0 Å². The normalized spacial score (nSPS) is 10.6. The van der Waals surface area contributed by atoms with Crippen molar-refractivity contribution in [2.45, 2.75) is 33.2 Å². The first-order valence-electron chi connectivity index (χ1n) is 6.80. The van der Waals surface area contributed by atoms with Crippen LogP contribution in [0, 0.1) is 6.92 Å². The Kier molecular flexibility index (Phi) is 4.89. The van der Waals surface area contributed by atoms with Crippen molar-refractivity contribution < 1.29 is 0 Å². The van der Waals surface area contributed by atoms with E-state index in [2.05, 4.69) is 37.5 Å². The second-order valence-electron chi connectivity index (χ2n) is 4.74. The van der Waals surface area contributed by atoms with Gasteiger partial charge in [-0.25, -0.2) is 15.0 Å². The molecule has 0 spiro atoms. The molecule has 0 aliphatic carbocycles. The summed E-state index contributed by atoms with van der Waals surface area (Å²) in [5.41, 5.74) is 1.08. The standard InChI is InChI=1S/C14H21N5S/c1-5-6-12-17-13(15-3)7-14(18-12)19(4)8-11-9-20-10(2)16-11/h7,9H,5-6,8H2,1-4H3,(H,15,17,18). The smallest absolute Gasteiger partial charge is 0.134 e. The molecule has 0 saturated heterocycles. The van der Waals surface area contributed by atoms with Gasteiger partial charge in [-0.2, -0.15) is 0 Å². The fourth-order valence-electron chi connectivity index (χ4n) is 1.95. The zero-order valence-corrected chi connectivity index (χ0v) is 13.3. The molecule has 20 heavy (non-hydrogen) atoms. The van der Waals surface area contributed by atoms with Crippen LogP contribution >= 0.6 is 11.3 Å². The van der Waals surface area contributed by atoms with E-state index in [1.165, 1.54) is 0 Å². The maximum absolute atomic E-state index is 4.62. The lowest BCUT2D eigenvalue weighted by molar-refractivity contribution is 0.808. The molecule has 0 amide bonds. The molecule has 0 saturated carbocycles. The van der Waals surface area contributed by atoms with Crippen molar-refractivity contribution >= 4 is 23.0 Å². The number of rotatable bonds is 6. The van der Waals surface area contributed by atoms with Crippen LogP contribution in [0.25, 0.3) is 0 Å². The minimum Gasteiger partial charge on any atom is -0.373 e. The van der Waals surface area contributed by atoms with Gasteiger partial charge in [0, 0.05) is 32.0 Å². The number of aryl methyl sites for hydroxylation is 2. The molecule has 2 rings (SSSR count). The minimum absolute atomic E-state index is 0.760. The molecule has 0 fully saturated rings. The molecule has 0 aliphatic rings. The van der Waals surface area contributed by atoms with Gasteiger partial charge in [0.2, 0.25) is 0 Å². The lowest BCUT2D eigenvalue weighted by Crippen LogP contribution is -2.19. The third kappa shape index (κ3) is 3.66. The highest BCUT2D eigenvalue weighted by molar-refractivity contribution is 7.09. The van der Waals surface area contributed by atoms with Crippen LogP contribution in [0.4, 0.5) is 11.6 Å². The van der Waals surface area contributed by atoms with Crippen molar-refractivity contribution in [3.63, 3.8) is 0 Å². The maximum Gasteiger partial charge on any atom is 0.134 e. The zero-order valence-electron chi connectivity index (χ0n) is 12.5. The predicted octanol–water partition coefficient (Wildman–Crippen LogP) is 2.87. The zero-order chi connectivity index (χ0) is 14.5. The molecule has 2 aromatic rings. The monoisotopic (exact) mass is 291 g/mol. The van der Waals surface area contributed by atoms with Crippen LogP contribution in [0.2, 0.25) is 0 Å². The number of nitrogens with one attached hydrogen (secondary N) is 1. The molecule has 0 radical (unpaired) electrons. The van der Waals surface area contributed by atoms with E-state index in [4.69, 9.17) is 0 Å². The second kappa shape index (κ2) is 6.65. The molecule has 0 aromatic carbocycles. The van der Waals surface area contributed by atoms with Crippen molar-refractivity contribution in [1.29, 1.82) is 0 Å². The summed E-state index contributed by atoms with van der Waals surface area (Å²) in [5.74, 6) is 2.67. The molecule has 0 bridgehead atoms. The molecule has 5 nitrogen and oxygen atoms in total. The lowest BCUT2D eigenvalue weighted by Gasteiger charge is -2.18. The van der Waals surface area contributed by atoms with E-state index >= 15 is 0 Å². The summed E-state index contributed by atoms with van der Waals surface area (Å²) in [4.78, 5) is 15.7. The van der Waals surface area contributed by atoms with E-state index in [0.717, 1.165) is 47.5 Å². The average Bonchev–Trinajstić information content (AvgIpc) is 2.84. The lowest BCUT2D eigenvalue weighted by atomic mass is 10.3. The van der Waals surface area contributed by atoms with Gasteiger partial charge in [-0.3, -0.25) is 0 Å². The molecular formula is C14H21N5S. The molecule has 2 heterocycles. The Bertz CT molecular complexity index is 566. The molecule has 2 aromatic heterocycles. The van der Waals surface area contributed by atoms with Crippen LogP contribution in [0.1, 0.15) is 29.9 Å². The van der Waals surface area contributed by atoms with Gasteiger partial charge in [0.15, 0.2) is 0 Å². The third-order valence-electron chi connectivity index (χ3n) is 2.95.